The van der Waals surface area contributed by atoms with Gasteiger partial charge in [-0.1, -0.05) is 5.16 Å². The van der Waals surface area contributed by atoms with Crippen LogP contribution in [-0.2, 0) is 5.75 Å². The summed E-state index contributed by atoms with van der Waals surface area (Å²) in [6.45, 7) is 2.03. The van der Waals surface area contributed by atoms with Crippen LogP contribution in [0.4, 0.5) is 0 Å². The van der Waals surface area contributed by atoms with Crippen LogP contribution in [0.3, 0.4) is 0 Å². The van der Waals surface area contributed by atoms with Crippen molar-refractivity contribution in [3.8, 4) is 0 Å². The summed E-state index contributed by atoms with van der Waals surface area (Å²) in [5.74, 6) is 2.88. The van der Waals surface area contributed by atoms with E-state index in [1.807, 2.05) is 6.26 Å². The molecule has 0 aliphatic carbocycles. The van der Waals surface area contributed by atoms with Crippen molar-refractivity contribution in [2.75, 3.05) is 19.3 Å². The van der Waals surface area contributed by atoms with Crippen molar-refractivity contribution in [2.24, 2.45) is 0 Å². The highest BCUT2D eigenvalue weighted by atomic mass is 32.2. The van der Waals surface area contributed by atoms with Gasteiger partial charge in [0.25, 0.3) is 0 Å². The molecule has 2 rings (SSSR count). The van der Waals surface area contributed by atoms with E-state index in [1.54, 1.807) is 11.8 Å². The van der Waals surface area contributed by atoms with Crippen molar-refractivity contribution < 1.29 is 4.52 Å². The van der Waals surface area contributed by atoms with Crippen LogP contribution in [0, 0.1) is 0 Å². The molecular weight excluding hydrogens is 186 g/mol. The molecule has 1 N–H and O–H groups in total. The second-order valence-corrected chi connectivity index (χ2v) is 4.04. The van der Waals surface area contributed by atoms with Gasteiger partial charge in [-0.05, 0) is 19.2 Å². The Kier molecular flexibility index (Phi) is 2.85. The van der Waals surface area contributed by atoms with Crippen LogP contribution < -0.4 is 5.32 Å². The molecule has 1 unspecified atom stereocenters. The first-order valence-electron chi connectivity index (χ1n) is 4.42. The summed E-state index contributed by atoms with van der Waals surface area (Å²) < 4.78 is 5.19. The fraction of sp³-hybridized carbons (Fsp3) is 0.750. The van der Waals surface area contributed by atoms with Gasteiger partial charge in [-0.25, -0.2) is 0 Å². The maximum Gasteiger partial charge on any atom is 0.231 e. The zero-order valence-electron chi connectivity index (χ0n) is 7.62. The molecule has 2 heterocycles. The molecule has 0 aromatic carbocycles. The van der Waals surface area contributed by atoms with Crippen molar-refractivity contribution >= 4 is 11.8 Å². The van der Waals surface area contributed by atoms with Crippen molar-refractivity contribution in [3.63, 3.8) is 0 Å². The molecule has 0 spiro atoms. The quantitative estimate of drug-likeness (QED) is 0.787. The van der Waals surface area contributed by atoms with Crippen LogP contribution in [0.15, 0.2) is 4.52 Å². The molecule has 0 radical (unpaired) electrons. The van der Waals surface area contributed by atoms with Crippen LogP contribution in [0.1, 0.15) is 24.1 Å². The Hall–Kier alpha value is -0.550. The number of thioether (sulfide) groups is 1. The molecule has 0 saturated carbocycles. The maximum absolute atomic E-state index is 5.19. The highest BCUT2D eigenvalue weighted by molar-refractivity contribution is 7.97. The second kappa shape index (κ2) is 4.11. The molecule has 1 aliphatic heterocycles. The zero-order valence-corrected chi connectivity index (χ0v) is 8.43. The van der Waals surface area contributed by atoms with Gasteiger partial charge in [0.1, 0.15) is 0 Å². The normalized spacial score (nSPS) is 22.4. The monoisotopic (exact) mass is 199 g/mol. The van der Waals surface area contributed by atoms with E-state index in [-0.39, 0.29) is 0 Å². The Balaban J connectivity index is 2.03. The first kappa shape index (κ1) is 9.02. The largest absolute Gasteiger partial charge is 0.339 e. The number of rotatable bonds is 3. The van der Waals surface area contributed by atoms with Gasteiger partial charge in [0.05, 0.1) is 11.7 Å². The zero-order chi connectivity index (χ0) is 9.10. The van der Waals surface area contributed by atoms with Crippen molar-refractivity contribution in [3.05, 3.63) is 11.7 Å². The first-order chi connectivity index (χ1) is 6.40. The molecule has 1 saturated heterocycles. The number of nitrogens with zero attached hydrogens (tertiary/aromatic N) is 2. The van der Waals surface area contributed by atoms with Gasteiger partial charge in [0.15, 0.2) is 5.82 Å². The lowest BCUT2D eigenvalue weighted by Gasteiger charge is -1.98. The third-order valence-corrected chi connectivity index (χ3v) is 2.71. The summed E-state index contributed by atoms with van der Waals surface area (Å²) in [6.07, 6.45) is 3.15. The fourth-order valence-electron chi connectivity index (χ4n) is 1.49. The van der Waals surface area contributed by atoms with E-state index < -0.39 is 0 Å². The van der Waals surface area contributed by atoms with Gasteiger partial charge in [0, 0.05) is 6.54 Å². The van der Waals surface area contributed by atoms with Crippen LogP contribution in [0.5, 0.6) is 0 Å². The molecule has 1 atom stereocenters. The Morgan fingerprint density at radius 3 is 3.31 bits per heavy atom. The molecule has 5 heteroatoms. The van der Waals surface area contributed by atoms with Gasteiger partial charge in [-0.3, -0.25) is 0 Å². The van der Waals surface area contributed by atoms with Gasteiger partial charge in [-0.15, -0.1) is 0 Å². The minimum atomic E-state index is 0.433. The molecule has 13 heavy (non-hydrogen) atoms. The van der Waals surface area contributed by atoms with E-state index in [1.165, 1.54) is 0 Å². The van der Waals surface area contributed by atoms with Crippen LogP contribution in [-0.4, -0.2) is 29.5 Å². The van der Waals surface area contributed by atoms with E-state index in [2.05, 4.69) is 15.5 Å². The van der Waals surface area contributed by atoms with Gasteiger partial charge in [0.2, 0.25) is 5.89 Å². The highest BCUT2D eigenvalue weighted by Crippen LogP contribution is 2.20. The lowest BCUT2D eigenvalue weighted by molar-refractivity contribution is 0.355. The lowest BCUT2D eigenvalue weighted by Crippen LogP contribution is -2.08. The third kappa shape index (κ3) is 2.03. The number of hydrogen-bond donors (Lipinski definition) is 1. The van der Waals surface area contributed by atoms with E-state index >= 15 is 0 Å². The van der Waals surface area contributed by atoms with E-state index in [9.17, 15) is 0 Å². The van der Waals surface area contributed by atoms with Gasteiger partial charge >= 0.3 is 0 Å². The van der Waals surface area contributed by atoms with Crippen molar-refractivity contribution in [1.82, 2.24) is 15.5 Å². The summed E-state index contributed by atoms with van der Waals surface area (Å²) in [5.41, 5.74) is 0. The topological polar surface area (TPSA) is 51.0 Å². The molecule has 1 aromatic heterocycles. The average Bonchev–Trinajstić information content (AvgIpc) is 2.70. The third-order valence-electron chi connectivity index (χ3n) is 2.17. The Morgan fingerprint density at radius 1 is 1.69 bits per heavy atom. The number of hydrogen-bond acceptors (Lipinski definition) is 5. The lowest BCUT2D eigenvalue weighted by atomic mass is 10.1. The van der Waals surface area contributed by atoms with E-state index in [0.29, 0.717) is 5.92 Å². The van der Waals surface area contributed by atoms with Gasteiger partial charge < -0.3 is 9.84 Å². The van der Waals surface area contributed by atoms with Crippen LogP contribution in [0.2, 0.25) is 0 Å². The molecule has 0 amide bonds. The summed E-state index contributed by atoms with van der Waals surface area (Å²) in [6, 6.07) is 0. The Morgan fingerprint density at radius 2 is 2.62 bits per heavy atom. The predicted molar refractivity (Wildman–Crippen MR) is 51.7 cm³/mol. The summed E-state index contributed by atoms with van der Waals surface area (Å²) in [4.78, 5) is 4.34. The Bertz CT molecular complexity index is 270. The molecule has 1 fully saturated rings. The van der Waals surface area contributed by atoms with Crippen LogP contribution >= 0.6 is 11.8 Å². The summed E-state index contributed by atoms with van der Waals surface area (Å²) in [7, 11) is 0. The fourth-order valence-corrected chi connectivity index (χ4v) is 1.86. The summed E-state index contributed by atoms with van der Waals surface area (Å²) >= 11 is 1.71. The predicted octanol–water partition coefficient (Wildman–Crippen LogP) is 1.01. The Labute approximate surface area is 81.5 Å². The molecule has 4 nitrogen and oxygen atoms in total. The second-order valence-electron chi connectivity index (χ2n) is 3.17. The number of aromatic nitrogens is 2. The smallest absolute Gasteiger partial charge is 0.231 e. The van der Waals surface area contributed by atoms with Crippen molar-refractivity contribution in [1.29, 1.82) is 0 Å². The molecule has 1 aliphatic rings. The standard InChI is InChI=1S/C8H13N3OS/c1-13-5-7-10-8(12-11-7)6-2-3-9-4-6/h6,9H,2-5H2,1H3. The van der Waals surface area contributed by atoms with Gasteiger partial charge in [-0.2, -0.15) is 16.7 Å². The molecular formula is C8H13N3OS. The molecule has 72 valence electrons. The maximum atomic E-state index is 5.19. The highest BCUT2D eigenvalue weighted by Gasteiger charge is 2.22. The van der Waals surface area contributed by atoms with E-state index in [0.717, 1.165) is 37.0 Å². The van der Waals surface area contributed by atoms with Crippen LogP contribution in [0.25, 0.3) is 0 Å². The van der Waals surface area contributed by atoms with Crippen molar-refractivity contribution in [2.45, 2.75) is 18.1 Å². The minimum absolute atomic E-state index is 0.433. The number of nitrogens with one attached hydrogen (secondary N) is 1. The first-order valence-corrected chi connectivity index (χ1v) is 5.81. The molecule has 1 aromatic rings. The van der Waals surface area contributed by atoms with E-state index in [4.69, 9.17) is 4.52 Å². The summed E-state index contributed by atoms with van der Waals surface area (Å²) in [5, 5.41) is 7.19. The molecule has 0 bridgehead atoms. The SMILES string of the molecule is CSCc1noc(C2CCNC2)n1. The minimum Gasteiger partial charge on any atom is -0.339 e. The average molecular weight is 199 g/mol.